The van der Waals surface area contributed by atoms with Crippen molar-refractivity contribution in [3.8, 4) is 0 Å². The number of pyridine rings is 1. The van der Waals surface area contributed by atoms with E-state index in [4.69, 9.17) is 4.74 Å². The molecule has 216 valence electrons. The molecule has 8 nitrogen and oxygen atoms in total. The van der Waals surface area contributed by atoms with Gasteiger partial charge in [-0.05, 0) is 50.3 Å². The number of aromatic amines is 1. The van der Waals surface area contributed by atoms with Crippen LogP contribution in [0, 0.1) is 6.92 Å². The standard InChI is InChI=1S/C28H40F3N5O3/c1-6-20(9-8-16-39-5)36(32-4)25-21(7-2)26(37)33-24-17-19(3)22(18-23(24)25)27(38)35-14-12-34(13-15-35)11-10-28(29,30)31/h17-18,20H,4,6-16H2,1-3,5H3,(H,33,37). The number of aryl methyl sites for hydroxylation is 1. The highest BCUT2D eigenvalue weighted by Crippen LogP contribution is 2.34. The summed E-state index contributed by atoms with van der Waals surface area (Å²) in [5, 5.41) is 6.87. The summed E-state index contributed by atoms with van der Waals surface area (Å²) >= 11 is 0. The van der Waals surface area contributed by atoms with E-state index in [0.29, 0.717) is 72.5 Å². The molecule has 1 aromatic carbocycles. The lowest BCUT2D eigenvalue weighted by molar-refractivity contribution is -0.138. The Kier molecular flexibility index (Phi) is 10.5. The highest BCUT2D eigenvalue weighted by molar-refractivity contribution is 6.03. The molecule has 1 aliphatic rings. The van der Waals surface area contributed by atoms with Crippen molar-refractivity contribution in [2.75, 3.05) is 51.4 Å². The van der Waals surface area contributed by atoms with Gasteiger partial charge in [-0.2, -0.15) is 18.3 Å². The quantitative estimate of drug-likeness (QED) is 0.234. The number of amides is 1. The van der Waals surface area contributed by atoms with Crippen molar-refractivity contribution in [1.82, 2.24) is 14.8 Å². The molecule has 0 bridgehead atoms. The van der Waals surface area contributed by atoms with E-state index in [0.717, 1.165) is 19.3 Å². The molecule has 1 aliphatic heterocycles. The monoisotopic (exact) mass is 551 g/mol. The minimum Gasteiger partial charge on any atom is -0.385 e. The van der Waals surface area contributed by atoms with Gasteiger partial charge in [0.25, 0.3) is 11.5 Å². The highest BCUT2D eigenvalue weighted by Gasteiger charge is 2.30. The van der Waals surface area contributed by atoms with Crippen molar-refractivity contribution in [1.29, 1.82) is 0 Å². The van der Waals surface area contributed by atoms with E-state index in [1.165, 1.54) is 0 Å². The Morgan fingerprint density at radius 3 is 2.49 bits per heavy atom. The van der Waals surface area contributed by atoms with Gasteiger partial charge in [0.2, 0.25) is 0 Å². The van der Waals surface area contributed by atoms with Crippen molar-refractivity contribution in [3.05, 3.63) is 39.2 Å². The zero-order chi connectivity index (χ0) is 28.7. The van der Waals surface area contributed by atoms with E-state index in [-0.39, 0.29) is 24.1 Å². The summed E-state index contributed by atoms with van der Waals surface area (Å²) in [7, 11) is 1.66. The van der Waals surface area contributed by atoms with Gasteiger partial charge in [-0.1, -0.05) is 13.8 Å². The fraction of sp³-hybridized carbons (Fsp3) is 0.607. The van der Waals surface area contributed by atoms with E-state index in [1.54, 1.807) is 23.0 Å². The summed E-state index contributed by atoms with van der Waals surface area (Å²) in [6.07, 6.45) is -2.20. The van der Waals surface area contributed by atoms with Crippen LogP contribution < -0.4 is 10.6 Å². The van der Waals surface area contributed by atoms with Crippen LogP contribution in [0.25, 0.3) is 10.9 Å². The second kappa shape index (κ2) is 13.4. The molecular formula is C28H40F3N5O3. The first-order chi connectivity index (χ1) is 18.5. The van der Waals surface area contributed by atoms with Crippen LogP contribution in [0.3, 0.4) is 0 Å². The lowest BCUT2D eigenvalue weighted by Crippen LogP contribution is -2.49. The molecule has 1 saturated heterocycles. The number of ether oxygens (including phenoxy) is 1. The number of carbonyl (C=O) groups is 1. The Morgan fingerprint density at radius 2 is 1.92 bits per heavy atom. The molecule has 1 unspecified atom stereocenters. The number of hydrogen-bond donors (Lipinski definition) is 1. The molecule has 0 aliphatic carbocycles. The fourth-order valence-corrected chi connectivity index (χ4v) is 5.26. The summed E-state index contributed by atoms with van der Waals surface area (Å²) in [5.74, 6) is -0.176. The van der Waals surface area contributed by atoms with E-state index >= 15 is 0 Å². The molecule has 2 heterocycles. The van der Waals surface area contributed by atoms with Crippen molar-refractivity contribution in [2.45, 2.75) is 65.1 Å². The van der Waals surface area contributed by atoms with Crippen molar-refractivity contribution in [2.24, 2.45) is 5.10 Å². The fourth-order valence-electron chi connectivity index (χ4n) is 5.26. The summed E-state index contributed by atoms with van der Waals surface area (Å²) in [6, 6.07) is 3.60. The van der Waals surface area contributed by atoms with Crippen LogP contribution in [0.5, 0.6) is 0 Å². The van der Waals surface area contributed by atoms with Gasteiger partial charge in [0.05, 0.1) is 23.7 Å². The average Bonchev–Trinajstić information content (AvgIpc) is 2.90. The molecule has 1 fully saturated rings. The summed E-state index contributed by atoms with van der Waals surface area (Å²) in [6.45, 7) is 11.6. The lowest BCUT2D eigenvalue weighted by atomic mass is 9.98. The third-order valence-corrected chi connectivity index (χ3v) is 7.47. The Hall–Kier alpha value is -2.92. The number of alkyl halides is 3. The minimum atomic E-state index is -4.19. The SMILES string of the molecule is C=NN(c1c(CC)c(=O)[nH]c2cc(C)c(C(=O)N3CCN(CCC(F)(F)F)CC3)cc12)C(CC)CCCOC. The number of H-pyrrole nitrogens is 1. The smallest absolute Gasteiger partial charge is 0.385 e. The van der Waals surface area contributed by atoms with Crippen LogP contribution in [0.2, 0.25) is 0 Å². The number of aromatic nitrogens is 1. The Balaban J connectivity index is 1.98. The van der Waals surface area contributed by atoms with Gasteiger partial charge >= 0.3 is 6.18 Å². The molecular weight excluding hydrogens is 511 g/mol. The molecule has 11 heteroatoms. The number of nitrogens with one attached hydrogen (secondary N) is 1. The first-order valence-corrected chi connectivity index (χ1v) is 13.6. The van der Waals surface area contributed by atoms with Crippen molar-refractivity contribution >= 4 is 29.2 Å². The second-order valence-corrected chi connectivity index (χ2v) is 10.0. The number of nitrogens with zero attached hydrogens (tertiary/aromatic N) is 4. The van der Waals surface area contributed by atoms with E-state index in [1.807, 2.05) is 24.9 Å². The maximum atomic E-state index is 13.6. The van der Waals surface area contributed by atoms with Crippen molar-refractivity contribution < 1.29 is 22.7 Å². The van der Waals surface area contributed by atoms with E-state index in [2.05, 4.69) is 23.7 Å². The molecule has 2 aromatic rings. The molecule has 39 heavy (non-hydrogen) atoms. The average molecular weight is 552 g/mol. The number of anilines is 1. The van der Waals surface area contributed by atoms with Gasteiger partial charge in [0.1, 0.15) is 0 Å². The molecule has 1 aromatic heterocycles. The van der Waals surface area contributed by atoms with Gasteiger partial charge in [0.15, 0.2) is 0 Å². The number of hydrogen-bond acceptors (Lipinski definition) is 6. The third-order valence-electron chi connectivity index (χ3n) is 7.47. The van der Waals surface area contributed by atoms with Gasteiger partial charge in [0, 0.05) is 69.7 Å². The molecule has 1 atom stereocenters. The summed E-state index contributed by atoms with van der Waals surface area (Å²) in [4.78, 5) is 33.1. The zero-order valence-electron chi connectivity index (χ0n) is 23.4. The summed E-state index contributed by atoms with van der Waals surface area (Å²) in [5.41, 5.74) is 2.84. The molecule has 1 amide bonds. The van der Waals surface area contributed by atoms with Gasteiger partial charge in [-0.3, -0.25) is 19.5 Å². The first-order valence-electron chi connectivity index (χ1n) is 13.6. The molecule has 1 N–H and O–H groups in total. The number of rotatable bonds is 12. The van der Waals surface area contributed by atoms with Gasteiger partial charge < -0.3 is 14.6 Å². The number of hydrazone groups is 1. The molecule has 0 spiro atoms. The zero-order valence-corrected chi connectivity index (χ0v) is 23.4. The number of benzene rings is 1. The van der Waals surface area contributed by atoms with E-state index in [9.17, 15) is 22.8 Å². The van der Waals surface area contributed by atoms with Gasteiger partial charge in [-0.25, -0.2) is 0 Å². The molecule has 3 rings (SSSR count). The minimum absolute atomic E-state index is 0.0156. The third kappa shape index (κ3) is 7.39. The molecule has 0 saturated carbocycles. The maximum Gasteiger partial charge on any atom is 0.390 e. The van der Waals surface area contributed by atoms with E-state index < -0.39 is 12.6 Å². The van der Waals surface area contributed by atoms with Crippen LogP contribution in [0.4, 0.5) is 18.9 Å². The number of halogens is 3. The second-order valence-electron chi connectivity index (χ2n) is 10.0. The lowest BCUT2D eigenvalue weighted by Gasteiger charge is -2.35. The Labute approximate surface area is 227 Å². The Morgan fingerprint density at radius 1 is 1.23 bits per heavy atom. The van der Waals surface area contributed by atoms with Gasteiger partial charge in [-0.15, -0.1) is 0 Å². The van der Waals surface area contributed by atoms with Crippen LogP contribution in [-0.4, -0.2) is 86.1 Å². The number of methoxy groups -OCH3 is 1. The normalized spacial score (nSPS) is 15.5. The van der Waals surface area contributed by atoms with Crippen LogP contribution in [0.15, 0.2) is 22.0 Å². The number of fused-ring (bicyclic) bond motifs is 1. The number of piperazine rings is 1. The predicted molar refractivity (Wildman–Crippen MR) is 149 cm³/mol. The Bertz CT molecular complexity index is 1210. The highest BCUT2D eigenvalue weighted by atomic mass is 19.4. The predicted octanol–water partition coefficient (Wildman–Crippen LogP) is 4.74. The first kappa shape index (κ1) is 30.6. The number of carbonyl (C=O) groups excluding carboxylic acids is 1. The largest absolute Gasteiger partial charge is 0.390 e. The topological polar surface area (TPSA) is 81.2 Å². The molecule has 0 radical (unpaired) electrons. The summed E-state index contributed by atoms with van der Waals surface area (Å²) < 4.78 is 43.1. The van der Waals surface area contributed by atoms with Crippen LogP contribution in [-0.2, 0) is 11.2 Å². The van der Waals surface area contributed by atoms with Crippen LogP contribution in [0.1, 0.15) is 61.0 Å². The van der Waals surface area contributed by atoms with Crippen molar-refractivity contribution in [3.63, 3.8) is 0 Å². The maximum absolute atomic E-state index is 13.6. The van der Waals surface area contributed by atoms with Crippen LogP contribution >= 0.6 is 0 Å².